The summed E-state index contributed by atoms with van der Waals surface area (Å²) in [4.78, 5) is 14.1. The summed E-state index contributed by atoms with van der Waals surface area (Å²) in [7, 11) is 0. The smallest absolute Gasteiger partial charge is 0.266 e. The van der Waals surface area contributed by atoms with Crippen molar-refractivity contribution >= 4 is 29.0 Å². The summed E-state index contributed by atoms with van der Waals surface area (Å²) >= 11 is 1.55. The van der Waals surface area contributed by atoms with Crippen LogP contribution in [-0.2, 0) is 4.79 Å². The van der Waals surface area contributed by atoms with Crippen molar-refractivity contribution in [1.82, 2.24) is 0 Å². The Labute approximate surface area is 122 Å². The third-order valence-electron chi connectivity index (χ3n) is 2.72. The van der Waals surface area contributed by atoms with Crippen molar-refractivity contribution in [2.45, 2.75) is 13.8 Å². The molecule has 0 saturated carbocycles. The van der Waals surface area contributed by atoms with Crippen LogP contribution in [0.1, 0.15) is 15.3 Å². The Hall–Kier alpha value is -2.38. The Morgan fingerprint density at radius 3 is 2.45 bits per heavy atom. The van der Waals surface area contributed by atoms with E-state index in [1.165, 1.54) is 0 Å². The molecule has 0 fully saturated rings. The van der Waals surface area contributed by atoms with E-state index in [-0.39, 0.29) is 11.5 Å². The molecule has 1 heterocycles. The van der Waals surface area contributed by atoms with Crippen molar-refractivity contribution in [3.63, 3.8) is 0 Å². The van der Waals surface area contributed by atoms with Gasteiger partial charge in [-0.2, -0.15) is 5.26 Å². The Morgan fingerprint density at radius 1 is 1.20 bits per heavy atom. The largest absolute Gasteiger partial charge is 0.321 e. The first-order valence-corrected chi connectivity index (χ1v) is 6.96. The quantitative estimate of drug-likeness (QED) is 0.685. The van der Waals surface area contributed by atoms with Gasteiger partial charge in [0.15, 0.2) is 0 Å². The highest BCUT2D eigenvalue weighted by molar-refractivity contribution is 7.12. The Balaban J connectivity index is 2.16. The number of aryl methyl sites for hydroxylation is 2. The number of hydrogen-bond acceptors (Lipinski definition) is 3. The minimum absolute atomic E-state index is 0.104. The predicted molar refractivity (Wildman–Crippen MR) is 82.5 cm³/mol. The van der Waals surface area contributed by atoms with Crippen LogP contribution in [0.2, 0.25) is 0 Å². The van der Waals surface area contributed by atoms with Crippen LogP contribution in [0, 0.1) is 25.2 Å². The number of benzene rings is 1. The van der Waals surface area contributed by atoms with Gasteiger partial charge < -0.3 is 5.32 Å². The number of anilines is 1. The third kappa shape index (κ3) is 3.56. The lowest BCUT2D eigenvalue weighted by atomic mass is 10.2. The summed E-state index contributed by atoms with van der Waals surface area (Å²) in [6, 6.07) is 13.3. The maximum absolute atomic E-state index is 12.0. The fourth-order valence-electron chi connectivity index (χ4n) is 1.66. The van der Waals surface area contributed by atoms with Gasteiger partial charge in [0.05, 0.1) is 0 Å². The van der Waals surface area contributed by atoms with E-state index in [2.05, 4.69) is 5.32 Å². The van der Waals surface area contributed by atoms with E-state index in [0.717, 1.165) is 15.3 Å². The van der Waals surface area contributed by atoms with E-state index in [1.54, 1.807) is 17.4 Å². The van der Waals surface area contributed by atoms with E-state index in [1.807, 2.05) is 56.3 Å². The first-order valence-electron chi connectivity index (χ1n) is 6.15. The molecule has 1 aromatic heterocycles. The van der Waals surface area contributed by atoms with E-state index < -0.39 is 0 Å². The van der Waals surface area contributed by atoms with Crippen molar-refractivity contribution < 1.29 is 4.79 Å². The first kappa shape index (κ1) is 14.0. The van der Waals surface area contributed by atoms with Crippen molar-refractivity contribution in [3.05, 3.63) is 57.3 Å². The van der Waals surface area contributed by atoms with Crippen molar-refractivity contribution in [3.8, 4) is 6.07 Å². The van der Waals surface area contributed by atoms with Gasteiger partial charge in [0.2, 0.25) is 0 Å². The number of hydrogen-bond donors (Lipinski definition) is 1. The maximum Gasteiger partial charge on any atom is 0.266 e. The Morgan fingerprint density at radius 2 is 1.90 bits per heavy atom. The normalized spacial score (nSPS) is 10.9. The van der Waals surface area contributed by atoms with Crippen LogP contribution in [0.3, 0.4) is 0 Å². The highest BCUT2D eigenvalue weighted by Crippen LogP contribution is 2.19. The van der Waals surface area contributed by atoms with Crippen LogP contribution in [0.15, 0.2) is 42.0 Å². The fraction of sp³-hybridized carbons (Fsp3) is 0.125. The van der Waals surface area contributed by atoms with Crippen LogP contribution >= 0.6 is 11.3 Å². The summed E-state index contributed by atoms with van der Waals surface area (Å²) in [5, 5.41) is 11.8. The molecule has 0 bridgehead atoms. The van der Waals surface area contributed by atoms with Gasteiger partial charge in [0.1, 0.15) is 11.6 Å². The molecule has 2 aromatic rings. The minimum Gasteiger partial charge on any atom is -0.321 e. The lowest BCUT2D eigenvalue weighted by molar-refractivity contribution is -0.112. The number of nitrogens with one attached hydrogen (secondary N) is 1. The van der Waals surface area contributed by atoms with Crippen LogP contribution < -0.4 is 5.32 Å². The van der Waals surface area contributed by atoms with Gasteiger partial charge in [0.25, 0.3) is 5.91 Å². The maximum atomic E-state index is 12.0. The fourth-order valence-corrected chi connectivity index (χ4v) is 2.48. The summed E-state index contributed by atoms with van der Waals surface area (Å²) in [6.07, 6.45) is 1.61. The molecule has 0 radical (unpaired) electrons. The molecule has 0 saturated heterocycles. The molecule has 1 N–H and O–H groups in total. The lowest BCUT2D eigenvalue weighted by Gasteiger charge is -2.04. The number of thiophene rings is 1. The lowest BCUT2D eigenvalue weighted by Crippen LogP contribution is -2.13. The summed E-state index contributed by atoms with van der Waals surface area (Å²) in [5.74, 6) is -0.387. The highest BCUT2D eigenvalue weighted by Gasteiger charge is 2.09. The zero-order valence-electron chi connectivity index (χ0n) is 11.3. The van der Waals surface area contributed by atoms with Gasteiger partial charge in [-0.25, -0.2) is 0 Å². The zero-order chi connectivity index (χ0) is 14.5. The van der Waals surface area contributed by atoms with Gasteiger partial charge >= 0.3 is 0 Å². The molecule has 0 aliphatic heterocycles. The molecule has 0 unspecified atom stereocenters. The first-order chi connectivity index (χ1) is 9.58. The molecule has 4 heteroatoms. The average molecular weight is 282 g/mol. The summed E-state index contributed by atoms with van der Waals surface area (Å²) < 4.78 is 0. The van der Waals surface area contributed by atoms with Gasteiger partial charge in [-0.1, -0.05) is 17.7 Å². The molecule has 0 aliphatic carbocycles. The number of carbonyl (C=O) groups is 1. The van der Waals surface area contributed by atoms with Crippen LogP contribution in [0.5, 0.6) is 0 Å². The van der Waals surface area contributed by atoms with Gasteiger partial charge in [-0.15, -0.1) is 11.3 Å². The molecule has 100 valence electrons. The zero-order valence-corrected chi connectivity index (χ0v) is 12.1. The molecule has 3 nitrogen and oxygen atoms in total. The highest BCUT2D eigenvalue weighted by atomic mass is 32.1. The molecule has 1 aromatic carbocycles. The average Bonchev–Trinajstić information content (AvgIpc) is 2.84. The number of nitrogens with zero attached hydrogens (tertiary/aromatic N) is 1. The molecule has 0 atom stereocenters. The molecule has 2 rings (SSSR count). The van der Waals surface area contributed by atoms with Gasteiger partial charge in [-0.3, -0.25) is 4.79 Å². The molecule has 0 aliphatic rings. The summed E-state index contributed by atoms with van der Waals surface area (Å²) in [6.45, 7) is 3.96. The molecular weight excluding hydrogens is 268 g/mol. The number of rotatable bonds is 3. The predicted octanol–water partition coefficient (Wildman–Crippen LogP) is 3.91. The number of carbonyl (C=O) groups excluding carboxylic acids is 1. The van der Waals surface area contributed by atoms with E-state index in [0.29, 0.717) is 5.69 Å². The van der Waals surface area contributed by atoms with Crippen LogP contribution in [0.25, 0.3) is 6.08 Å². The molecule has 1 amide bonds. The second-order valence-corrected chi connectivity index (χ2v) is 5.76. The van der Waals surface area contributed by atoms with Crippen LogP contribution in [-0.4, -0.2) is 5.91 Å². The second-order valence-electron chi connectivity index (χ2n) is 4.44. The van der Waals surface area contributed by atoms with Gasteiger partial charge in [-0.05, 0) is 44.2 Å². The Bertz CT molecular complexity index is 690. The standard InChI is InChI=1S/C16H14N2OS/c1-11-3-6-14(7-4-11)18-16(19)13(10-17)9-15-8-5-12(2)20-15/h3-9H,1-2H3,(H,18,19). The van der Waals surface area contributed by atoms with E-state index >= 15 is 0 Å². The molecular formula is C16H14N2OS. The summed E-state index contributed by atoms with van der Waals surface area (Å²) in [5.41, 5.74) is 1.91. The topological polar surface area (TPSA) is 52.9 Å². The van der Waals surface area contributed by atoms with Crippen molar-refractivity contribution in [2.75, 3.05) is 5.32 Å². The van der Waals surface area contributed by atoms with Crippen molar-refractivity contribution in [2.24, 2.45) is 0 Å². The Kier molecular flexibility index (Phi) is 4.34. The van der Waals surface area contributed by atoms with E-state index in [9.17, 15) is 4.79 Å². The SMILES string of the molecule is Cc1ccc(NC(=O)C(C#N)=Cc2ccc(C)s2)cc1. The second kappa shape index (κ2) is 6.18. The molecule has 0 spiro atoms. The van der Waals surface area contributed by atoms with Crippen molar-refractivity contribution in [1.29, 1.82) is 5.26 Å². The molecule has 20 heavy (non-hydrogen) atoms. The number of amides is 1. The van der Waals surface area contributed by atoms with Gasteiger partial charge in [0, 0.05) is 15.4 Å². The number of nitriles is 1. The third-order valence-corrected chi connectivity index (χ3v) is 3.67. The van der Waals surface area contributed by atoms with E-state index in [4.69, 9.17) is 5.26 Å². The monoisotopic (exact) mass is 282 g/mol. The minimum atomic E-state index is -0.387. The van der Waals surface area contributed by atoms with Crippen LogP contribution in [0.4, 0.5) is 5.69 Å².